The largest absolute Gasteiger partial charge is 0.308 e. The number of anilines is 1. The summed E-state index contributed by atoms with van der Waals surface area (Å²) in [6, 6.07) is 15.6. The van der Waals surface area contributed by atoms with Crippen LogP contribution in [0.4, 0.5) is 5.13 Å². The number of nitrogens with zero attached hydrogens (tertiary/aromatic N) is 1. The molecule has 0 aliphatic heterocycles. The van der Waals surface area contributed by atoms with Gasteiger partial charge >= 0.3 is 0 Å². The van der Waals surface area contributed by atoms with E-state index in [4.69, 9.17) is 12.2 Å². The van der Waals surface area contributed by atoms with Crippen LogP contribution in [0, 0.1) is 13.8 Å². The van der Waals surface area contributed by atoms with E-state index >= 15 is 0 Å². The minimum Gasteiger partial charge on any atom is -0.308 e. The van der Waals surface area contributed by atoms with Gasteiger partial charge < -0.3 is 5.32 Å². The van der Waals surface area contributed by atoms with Crippen LogP contribution in [-0.4, -0.2) is 16.0 Å². The topological polar surface area (TPSA) is 54.0 Å². The number of thiocarbonyl (C=S) groups is 1. The molecule has 0 fully saturated rings. The lowest BCUT2D eigenvalue weighted by Gasteiger charge is -2.10. The van der Waals surface area contributed by atoms with Crippen LogP contribution in [0.2, 0.25) is 0 Å². The second kappa shape index (κ2) is 7.58. The molecular formula is C21H16BrN3OS2. The van der Waals surface area contributed by atoms with Gasteiger partial charge in [0, 0.05) is 10.0 Å². The van der Waals surface area contributed by atoms with E-state index in [1.54, 1.807) is 6.07 Å². The monoisotopic (exact) mass is 469 g/mol. The van der Waals surface area contributed by atoms with Gasteiger partial charge in [-0.05, 0) is 66.2 Å². The van der Waals surface area contributed by atoms with Crippen molar-refractivity contribution < 1.29 is 4.79 Å². The van der Waals surface area contributed by atoms with Gasteiger partial charge in [0.15, 0.2) is 10.2 Å². The normalized spacial score (nSPS) is 11.0. The second-order valence-electron chi connectivity index (χ2n) is 6.50. The van der Waals surface area contributed by atoms with E-state index in [-0.39, 0.29) is 11.0 Å². The molecule has 2 N–H and O–H groups in total. The summed E-state index contributed by atoms with van der Waals surface area (Å²) in [4.78, 5) is 17.4. The molecule has 4 rings (SSSR count). The molecule has 0 atom stereocenters. The average molecular weight is 470 g/mol. The van der Waals surface area contributed by atoms with Gasteiger partial charge in [0.1, 0.15) is 0 Å². The van der Waals surface area contributed by atoms with Gasteiger partial charge in [0.25, 0.3) is 5.91 Å². The summed E-state index contributed by atoms with van der Waals surface area (Å²) in [6.45, 7) is 4.10. The molecule has 0 unspecified atom stereocenters. The van der Waals surface area contributed by atoms with Crippen molar-refractivity contribution in [1.82, 2.24) is 10.3 Å². The van der Waals surface area contributed by atoms with Crippen molar-refractivity contribution in [3.05, 3.63) is 69.7 Å². The van der Waals surface area contributed by atoms with Gasteiger partial charge in [0.2, 0.25) is 0 Å². The fraction of sp³-hybridized carbons (Fsp3) is 0.0952. The van der Waals surface area contributed by atoms with E-state index in [0.717, 1.165) is 31.0 Å². The minimum atomic E-state index is -0.255. The molecule has 7 heteroatoms. The van der Waals surface area contributed by atoms with Crippen LogP contribution in [0.1, 0.15) is 21.5 Å². The van der Waals surface area contributed by atoms with E-state index in [9.17, 15) is 4.79 Å². The molecule has 28 heavy (non-hydrogen) atoms. The van der Waals surface area contributed by atoms with Crippen molar-refractivity contribution >= 4 is 76.6 Å². The van der Waals surface area contributed by atoms with Crippen LogP contribution in [-0.2, 0) is 0 Å². The number of benzene rings is 3. The van der Waals surface area contributed by atoms with E-state index in [2.05, 4.69) is 50.6 Å². The van der Waals surface area contributed by atoms with Gasteiger partial charge in [-0.1, -0.05) is 57.6 Å². The number of fused-ring (bicyclic) bond motifs is 2. The number of halogens is 1. The molecular weight excluding hydrogens is 454 g/mol. The summed E-state index contributed by atoms with van der Waals surface area (Å²) in [7, 11) is 0. The lowest BCUT2D eigenvalue weighted by molar-refractivity contribution is 0.0979. The third-order valence-corrected chi connectivity index (χ3v) is 6.20. The molecule has 1 aromatic heterocycles. The van der Waals surface area contributed by atoms with Gasteiger partial charge in [-0.2, -0.15) is 0 Å². The van der Waals surface area contributed by atoms with Crippen LogP contribution >= 0.6 is 39.5 Å². The molecule has 140 valence electrons. The molecule has 0 radical (unpaired) electrons. The number of aromatic nitrogens is 1. The summed E-state index contributed by atoms with van der Waals surface area (Å²) < 4.78 is 2.04. The Morgan fingerprint density at radius 1 is 1.11 bits per heavy atom. The third kappa shape index (κ3) is 3.65. The minimum absolute atomic E-state index is 0.227. The summed E-state index contributed by atoms with van der Waals surface area (Å²) in [5.74, 6) is -0.255. The van der Waals surface area contributed by atoms with Crippen LogP contribution in [0.5, 0.6) is 0 Å². The SMILES string of the molecule is Cc1cc(C)c2nc(NC(=S)NC(=O)c3cccc4c(Br)cccc34)sc2c1. The Labute approximate surface area is 180 Å². The van der Waals surface area contributed by atoms with E-state index in [0.29, 0.717) is 10.7 Å². The van der Waals surface area contributed by atoms with Crippen LogP contribution < -0.4 is 10.6 Å². The van der Waals surface area contributed by atoms with Gasteiger partial charge in [-0.25, -0.2) is 4.98 Å². The van der Waals surface area contributed by atoms with Gasteiger partial charge in [-0.15, -0.1) is 0 Å². The standard InChI is InChI=1S/C21H16BrN3OS2/c1-11-9-12(2)18-17(10-11)28-21(23-18)25-20(27)24-19(26)15-7-3-6-14-13(15)5-4-8-16(14)22/h3-10H,1-2H3,(H2,23,24,25,26,27). The molecule has 0 aliphatic carbocycles. The van der Waals surface area contributed by atoms with Crippen molar-refractivity contribution in [2.75, 3.05) is 5.32 Å². The maximum atomic E-state index is 12.8. The molecule has 1 amide bonds. The highest BCUT2D eigenvalue weighted by Crippen LogP contribution is 2.29. The lowest BCUT2D eigenvalue weighted by Crippen LogP contribution is -2.34. The van der Waals surface area contributed by atoms with Gasteiger partial charge in [-0.3, -0.25) is 10.1 Å². The predicted octanol–water partition coefficient (Wildman–Crippen LogP) is 5.96. The Bertz CT molecular complexity index is 1250. The van der Waals surface area contributed by atoms with Crippen molar-refractivity contribution in [2.24, 2.45) is 0 Å². The van der Waals surface area contributed by atoms with E-state index in [1.165, 1.54) is 16.9 Å². The van der Waals surface area contributed by atoms with Crippen LogP contribution in [0.15, 0.2) is 53.0 Å². The Hall–Kier alpha value is -2.35. The number of amides is 1. The first-order valence-corrected chi connectivity index (χ1v) is 10.6. The molecule has 0 saturated heterocycles. The van der Waals surface area contributed by atoms with Crippen molar-refractivity contribution in [2.45, 2.75) is 13.8 Å². The Kier molecular flexibility index (Phi) is 5.14. The fourth-order valence-electron chi connectivity index (χ4n) is 3.19. The smallest absolute Gasteiger partial charge is 0.258 e. The van der Waals surface area contributed by atoms with Crippen molar-refractivity contribution in [1.29, 1.82) is 0 Å². The number of carbonyl (C=O) groups excluding carboxylic acids is 1. The number of rotatable bonds is 2. The Balaban J connectivity index is 1.55. The summed E-state index contributed by atoms with van der Waals surface area (Å²) in [5, 5.41) is 8.53. The first-order valence-electron chi connectivity index (χ1n) is 8.60. The highest BCUT2D eigenvalue weighted by molar-refractivity contribution is 9.10. The molecule has 1 heterocycles. The molecule has 3 aromatic carbocycles. The highest BCUT2D eigenvalue weighted by Gasteiger charge is 2.14. The summed E-state index contributed by atoms with van der Waals surface area (Å²) in [5.41, 5.74) is 3.83. The first-order chi connectivity index (χ1) is 13.4. The molecule has 0 spiro atoms. The van der Waals surface area contributed by atoms with E-state index in [1.807, 2.05) is 37.3 Å². The molecule has 0 aliphatic rings. The van der Waals surface area contributed by atoms with Gasteiger partial charge in [0.05, 0.1) is 10.2 Å². The number of thiazole rings is 1. The maximum Gasteiger partial charge on any atom is 0.258 e. The second-order valence-corrected chi connectivity index (χ2v) is 8.79. The third-order valence-electron chi connectivity index (χ3n) is 4.39. The quantitative estimate of drug-likeness (QED) is 0.355. The molecule has 0 bridgehead atoms. The summed E-state index contributed by atoms with van der Waals surface area (Å²) in [6.07, 6.45) is 0. The summed E-state index contributed by atoms with van der Waals surface area (Å²) >= 11 is 10.4. The van der Waals surface area contributed by atoms with Crippen LogP contribution in [0.25, 0.3) is 21.0 Å². The average Bonchev–Trinajstić information content (AvgIpc) is 3.04. The van der Waals surface area contributed by atoms with Crippen molar-refractivity contribution in [3.8, 4) is 0 Å². The fourth-order valence-corrected chi connectivity index (χ4v) is 4.99. The number of carbonyl (C=O) groups is 1. The number of hydrogen-bond acceptors (Lipinski definition) is 4. The lowest BCUT2D eigenvalue weighted by atomic mass is 10.0. The zero-order valence-electron chi connectivity index (χ0n) is 15.2. The zero-order valence-corrected chi connectivity index (χ0v) is 18.4. The first kappa shape index (κ1) is 19.0. The maximum absolute atomic E-state index is 12.8. The highest BCUT2D eigenvalue weighted by atomic mass is 79.9. The molecule has 4 aromatic rings. The number of aryl methyl sites for hydroxylation is 2. The van der Waals surface area contributed by atoms with E-state index < -0.39 is 0 Å². The van der Waals surface area contributed by atoms with Crippen LogP contribution in [0.3, 0.4) is 0 Å². The molecule has 0 saturated carbocycles. The Morgan fingerprint density at radius 2 is 1.86 bits per heavy atom. The molecule has 4 nitrogen and oxygen atoms in total. The number of nitrogens with one attached hydrogen (secondary N) is 2. The number of hydrogen-bond donors (Lipinski definition) is 2. The van der Waals surface area contributed by atoms with Crippen molar-refractivity contribution in [3.63, 3.8) is 0 Å². The zero-order chi connectivity index (χ0) is 19.8. The Morgan fingerprint density at radius 3 is 2.68 bits per heavy atom. The predicted molar refractivity (Wildman–Crippen MR) is 124 cm³/mol.